The van der Waals surface area contributed by atoms with E-state index < -0.39 is 29.5 Å². The summed E-state index contributed by atoms with van der Waals surface area (Å²) in [4.78, 5) is 17.1. The van der Waals surface area contributed by atoms with Crippen molar-refractivity contribution in [3.05, 3.63) is 102 Å². The number of imidazole rings is 1. The van der Waals surface area contributed by atoms with Crippen LogP contribution < -0.4 is 5.32 Å². The maximum Gasteiger partial charge on any atom is 0.416 e. The van der Waals surface area contributed by atoms with Crippen LogP contribution in [0.2, 0.25) is 0 Å². The van der Waals surface area contributed by atoms with Gasteiger partial charge in [-0.3, -0.25) is 4.79 Å². The number of carbonyl (C=O) groups is 1. The molecule has 2 aromatic heterocycles. The van der Waals surface area contributed by atoms with Crippen molar-refractivity contribution in [3.8, 4) is 11.3 Å². The highest BCUT2D eigenvalue weighted by molar-refractivity contribution is 5.92. The average molecular weight is 443 g/mol. The van der Waals surface area contributed by atoms with Crippen LogP contribution in [0.25, 0.3) is 11.3 Å². The predicted octanol–water partition coefficient (Wildman–Crippen LogP) is 5.36. The molecule has 1 N–H and O–H groups in total. The SMILES string of the molecule is Cn1ccnc1C(NC(=O)c1ccc(-c2cccc(C(F)(F)F)c2)o1)c1ccc(F)cc1. The van der Waals surface area contributed by atoms with Gasteiger partial charge in [-0.05, 0) is 42.0 Å². The molecular formula is C23H17F4N3O2. The fourth-order valence-corrected chi connectivity index (χ4v) is 3.27. The van der Waals surface area contributed by atoms with Gasteiger partial charge in [-0.15, -0.1) is 0 Å². The highest BCUT2D eigenvalue weighted by atomic mass is 19.4. The van der Waals surface area contributed by atoms with Crippen LogP contribution in [0.3, 0.4) is 0 Å². The molecule has 0 saturated carbocycles. The normalized spacial score (nSPS) is 12.5. The number of hydrogen-bond donors (Lipinski definition) is 1. The number of halogens is 4. The summed E-state index contributed by atoms with van der Waals surface area (Å²) < 4.78 is 59.6. The van der Waals surface area contributed by atoms with Gasteiger partial charge in [0.05, 0.1) is 5.56 Å². The molecule has 4 aromatic rings. The Balaban J connectivity index is 1.61. The quantitative estimate of drug-likeness (QED) is 0.423. The van der Waals surface area contributed by atoms with E-state index in [4.69, 9.17) is 4.42 Å². The zero-order valence-electron chi connectivity index (χ0n) is 16.7. The number of carbonyl (C=O) groups excluding carboxylic acids is 1. The van der Waals surface area contributed by atoms with Gasteiger partial charge < -0.3 is 14.3 Å². The third-order valence-corrected chi connectivity index (χ3v) is 4.90. The van der Waals surface area contributed by atoms with E-state index in [1.54, 1.807) is 24.0 Å². The maximum absolute atomic E-state index is 13.4. The number of amides is 1. The van der Waals surface area contributed by atoms with Gasteiger partial charge in [0.25, 0.3) is 5.91 Å². The second-order valence-corrected chi connectivity index (χ2v) is 7.10. The van der Waals surface area contributed by atoms with E-state index in [1.807, 2.05) is 0 Å². The zero-order valence-corrected chi connectivity index (χ0v) is 16.7. The van der Waals surface area contributed by atoms with Crippen molar-refractivity contribution in [2.45, 2.75) is 12.2 Å². The molecular weight excluding hydrogens is 426 g/mol. The van der Waals surface area contributed by atoms with Gasteiger partial charge in [0.1, 0.15) is 23.4 Å². The molecule has 1 amide bonds. The summed E-state index contributed by atoms with van der Waals surface area (Å²) in [6.45, 7) is 0. The summed E-state index contributed by atoms with van der Waals surface area (Å²) in [5.41, 5.74) is -0.0275. The molecule has 2 heterocycles. The van der Waals surface area contributed by atoms with Crippen LogP contribution in [0.5, 0.6) is 0 Å². The van der Waals surface area contributed by atoms with Crippen molar-refractivity contribution in [3.63, 3.8) is 0 Å². The summed E-state index contributed by atoms with van der Waals surface area (Å²) >= 11 is 0. The first-order valence-corrected chi connectivity index (χ1v) is 9.53. The Labute approximate surface area is 180 Å². The standard InChI is InChI=1S/C23H17F4N3O2/c1-30-12-11-28-21(30)20(14-5-7-17(24)8-6-14)29-22(31)19-10-9-18(32-19)15-3-2-4-16(13-15)23(25,26)27/h2-13,20H,1H3,(H,29,31). The average Bonchev–Trinajstić information content (AvgIpc) is 3.42. The van der Waals surface area contributed by atoms with Gasteiger partial charge in [-0.2, -0.15) is 13.2 Å². The predicted molar refractivity (Wildman–Crippen MR) is 108 cm³/mol. The van der Waals surface area contributed by atoms with Crippen LogP contribution in [-0.4, -0.2) is 15.5 Å². The number of nitrogens with zero attached hydrogens (tertiary/aromatic N) is 2. The number of benzene rings is 2. The molecule has 2 aromatic carbocycles. The monoisotopic (exact) mass is 443 g/mol. The van der Waals surface area contributed by atoms with E-state index >= 15 is 0 Å². The van der Waals surface area contributed by atoms with E-state index in [2.05, 4.69) is 10.3 Å². The molecule has 0 bridgehead atoms. The Hall–Kier alpha value is -3.88. The van der Waals surface area contributed by atoms with E-state index in [1.165, 1.54) is 48.5 Å². The third-order valence-electron chi connectivity index (χ3n) is 4.90. The topological polar surface area (TPSA) is 60.1 Å². The molecule has 0 aliphatic heterocycles. The van der Waals surface area contributed by atoms with Gasteiger partial charge >= 0.3 is 6.18 Å². The Kier molecular flexibility index (Phi) is 5.56. The molecule has 1 atom stereocenters. The van der Waals surface area contributed by atoms with Gasteiger partial charge in [0.15, 0.2) is 5.76 Å². The van der Waals surface area contributed by atoms with Gasteiger partial charge in [0.2, 0.25) is 0 Å². The summed E-state index contributed by atoms with van der Waals surface area (Å²) in [7, 11) is 1.75. The van der Waals surface area contributed by atoms with Crippen molar-refractivity contribution < 1.29 is 26.8 Å². The number of furan rings is 1. The van der Waals surface area contributed by atoms with Crippen molar-refractivity contribution in [1.29, 1.82) is 0 Å². The number of aryl methyl sites for hydroxylation is 1. The van der Waals surface area contributed by atoms with Crippen molar-refractivity contribution >= 4 is 5.91 Å². The van der Waals surface area contributed by atoms with E-state index in [9.17, 15) is 22.4 Å². The molecule has 0 saturated heterocycles. The van der Waals surface area contributed by atoms with Crippen LogP contribution in [0.4, 0.5) is 17.6 Å². The molecule has 0 radical (unpaired) electrons. The smallest absolute Gasteiger partial charge is 0.416 e. The van der Waals surface area contributed by atoms with E-state index in [-0.39, 0.29) is 17.1 Å². The Morgan fingerprint density at radius 1 is 1.09 bits per heavy atom. The molecule has 5 nitrogen and oxygen atoms in total. The zero-order chi connectivity index (χ0) is 22.9. The molecule has 0 aliphatic rings. The third kappa shape index (κ3) is 4.41. The lowest BCUT2D eigenvalue weighted by Crippen LogP contribution is -2.30. The minimum absolute atomic E-state index is 0.0845. The second kappa shape index (κ2) is 8.33. The largest absolute Gasteiger partial charge is 0.451 e. The van der Waals surface area contributed by atoms with E-state index in [0.717, 1.165) is 12.1 Å². The summed E-state index contributed by atoms with van der Waals surface area (Å²) in [5, 5.41) is 2.79. The summed E-state index contributed by atoms with van der Waals surface area (Å²) in [5.74, 6) is -0.471. The lowest BCUT2D eigenvalue weighted by atomic mass is 10.1. The highest BCUT2D eigenvalue weighted by Crippen LogP contribution is 2.33. The lowest BCUT2D eigenvalue weighted by Gasteiger charge is -2.18. The van der Waals surface area contributed by atoms with Crippen LogP contribution in [0.15, 0.2) is 77.5 Å². The van der Waals surface area contributed by atoms with Crippen molar-refractivity contribution in [2.75, 3.05) is 0 Å². The minimum Gasteiger partial charge on any atom is -0.451 e. The second-order valence-electron chi connectivity index (χ2n) is 7.10. The number of rotatable bonds is 5. The fraction of sp³-hybridized carbons (Fsp3) is 0.130. The molecule has 164 valence electrons. The van der Waals surface area contributed by atoms with Crippen LogP contribution in [0.1, 0.15) is 33.5 Å². The summed E-state index contributed by atoms with van der Waals surface area (Å²) in [6, 6.07) is 12.4. The van der Waals surface area contributed by atoms with Crippen LogP contribution in [-0.2, 0) is 13.2 Å². The van der Waals surface area contributed by atoms with Crippen molar-refractivity contribution in [1.82, 2.24) is 14.9 Å². The molecule has 1 unspecified atom stereocenters. The maximum atomic E-state index is 13.4. The van der Waals surface area contributed by atoms with Crippen LogP contribution >= 0.6 is 0 Å². The first kappa shape index (κ1) is 21.4. The molecule has 9 heteroatoms. The first-order chi connectivity index (χ1) is 15.2. The Morgan fingerprint density at radius 2 is 1.84 bits per heavy atom. The van der Waals surface area contributed by atoms with Crippen LogP contribution in [0, 0.1) is 5.82 Å². The number of aromatic nitrogens is 2. The molecule has 4 rings (SSSR count). The van der Waals surface area contributed by atoms with Gasteiger partial charge in [-0.25, -0.2) is 9.37 Å². The van der Waals surface area contributed by atoms with E-state index in [0.29, 0.717) is 11.4 Å². The molecule has 0 aliphatic carbocycles. The van der Waals surface area contributed by atoms with Gasteiger partial charge in [0, 0.05) is 25.0 Å². The number of nitrogens with one attached hydrogen (secondary N) is 1. The molecule has 32 heavy (non-hydrogen) atoms. The lowest BCUT2D eigenvalue weighted by molar-refractivity contribution is -0.137. The number of alkyl halides is 3. The molecule has 0 spiro atoms. The van der Waals surface area contributed by atoms with Crippen molar-refractivity contribution in [2.24, 2.45) is 7.05 Å². The summed E-state index contributed by atoms with van der Waals surface area (Å²) in [6.07, 6.45) is -1.22. The highest BCUT2D eigenvalue weighted by Gasteiger charge is 2.31. The Morgan fingerprint density at radius 3 is 2.50 bits per heavy atom. The minimum atomic E-state index is -4.49. The molecule has 0 fully saturated rings. The number of hydrogen-bond acceptors (Lipinski definition) is 3. The first-order valence-electron chi connectivity index (χ1n) is 9.53. The van der Waals surface area contributed by atoms with Gasteiger partial charge in [-0.1, -0.05) is 24.3 Å². The fourth-order valence-electron chi connectivity index (χ4n) is 3.27. The Bertz CT molecular complexity index is 1240.